The van der Waals surface area contributed by atoms with Crippen LogP contribution in [0.2, 0.25) is 5.02 Å². The minimum atomic E-state index is -4.16. The highest BCUT2D eigenvalue weighted by Crippen LogP contribution is 2.43. The number of nitrogens with zero attached hydrogens (tertiary/aromatic N) is 8. The summed E-state index contributed by atoms with van der Waals surface area (Å²) in [4.78, 5) is 13.8. The van der Waals surface area contributed by atoms with Crippen molar-refractivity contribution in [3.63, 3.8) is 0 Å². The van der Waals surface area contributed by atoms with Crippen LogP contribution in [0.5, 0.6) is 5.75 Å². The van der Waals surface area contributed by atoms with Gasteiger partial charge in [-0.15, -0.1) is 11.8 Å². The van der Waals surface area contributed by atoms with E-state index < -0.39 is 16.0 Å². The maximum Gasteiger partial charge on any atom is 0.352 e. The largest absolute Gasteiger partial charge is 0.493 e. The summed E-state index contributed by atoms with van der Waals surface area (Å²) in [5.74, 6) is -0.398. The molecule has 0 saturated heterocycles. The number of fused-ring (bicyclic) bond motifs is 8. The SMILES string of the molecule is Cc1c(C(=O)O)n2c3ccc(Cl)c(c13)-c1c(nn(C)c1C)CN(S(=O)(=O)c1cnn(C)c1)Cc1cc(n(C)n1)CSc1cc(c3ccc(F)cc3c1)OCCC2. The average molecular weight is 817 g/mol. The number of aromatic carboxylic acids is 1. The highest BCUT2D eigenvalue weighted by molar-refractivity contribution is 7.98. The van der Waals surface area contributed by atoms with Crippen LogP contribution >= 0.6 is 23.4 Å². The number of aromatic nitrogens is 7. The summed E-state index contributed by atoms with van der Waals surface area (Å²) < 4.78 is 57.7. The van der Waals surface area contributed by atoms with Crippen LogP contribution in [0.15, 0.2) is 70.7 Å². The van der Waals surface area contributed by atoms with Gasteiger partial charge in [-0.05, 0) is 79.7 Å². The van der Waals surface area contributed by atoms with Crippen molar-refractivity contribution >= 4 is 61.0 Å². The molecule has 0 unspecified atom stereocenters. The van der Waals surface area contributed by atoms with E-state index in [1.54, 1.807) is 47.1 Å². The van der Waals surface area contributed by atoms with Crippen molar-refractivity contribution in [2.24, 2.45) is 21.1 Å². The van der Waals surface area contributed by atoms with Gasteiger partial charge in [-0.1, -0.05) is 11.6 Å². The molecular weight excluding hydrogens is 779 g/mol. The predicted molar refractivity (Wildman–Crippen MR) is 212 cm³/mol. The third-order valence-corrected chi connectivity index (χ3v) is 13.4. The number of hydrogen-bond acceptors (Lipinski definition) is 8. The van der Waals surface area contributed by atoms with Crippen molar-refractivity contribution in [2.75, 3.05) is 6.61 Å². The number of carboxylic acid groups (broad SMARTS) is 1. The van der Waals surface area contributed by atoms with Gasteiger partial charge in [0.1, 0.15) is 22.2 Å². The number of ether oxygens (including phenoxy) is 1. The molecule has 1 aliphatic heterocycles. The number of thioether (sulfide) groups is 1. The average Bonchev–Trinajstić information content (AvgIpc) is 3.89. The second-order valence-corrected chi connectivity index (χ2v) is 17.3. The van der Waals surface area contributed by atoms with Crippen molar-refractivity contribution < 1.29 is 27.4 Å². The molecule has 290 valence electrons. The standard InChI is InChI=1S/C39H38ClFN8O5S2/c1-22-35-33-10-9-31(40)37(35)36-23(2)46(4)44-32(36)20-48(56(52,53)29-17-42-45(3)19-29)18-26-15-27(47(5)43-26)21-55-28-14-24-13-25(41)7-8-30(24)34(16-28)54-12-6-11-49(33)38(22)39(50)51/h7-10,13-17,19H,6,11-12,18,20-21H2,1-5H3,(H,50,51). The van der Waals surface area contributed by atoms with Gasteiger partial charge in [0.15, 0.2) is 0 Å². The van der Waals surface area contributed by atoms with Crippen LogP contribution in [0.25, 0.3) is 32.8 Å². The lowest BCUT2D eigenvalue weighted by Crippen LogP contribution is -2.30. The van der Waals surface area contributed by atoms with E-state index in [-0.39, 0.29) is 36.1 Å². The molecule has 13 nitrogen and oxygen atoms in total. The fourth-order valence-electron chi connectivity index (χ4n) is 7.56. The van der Waals surface area contributed by atoms with Gasteiger partial charge in [-0.3, -0.25) is 14.0 Å². The second-order valence-electron chi connectivity index (χ2n) is 13.9. The minimum absolute atomic E-state index is 0.0105. The molecule has 5 heterocycles. The Labute approximate surface area is 331 Å². The predicted octanol–water partition coefficient (Wildman–Crippen LogP) is 7.24. The third-order valence-electron chi connectivity index (χ3n) is 10.3. The normalized spacial score (nSPS) is 14.6. The fraction of sp³-hybridized carbons (Fsp3) is 0.282. The Morgan fingerprint density at radius 1 is 1.00 bits per heavy atom. The van der Waals surface area contributed by atoms with E-state index in [0.29, 0.717) is 73.9 Å². The summed E-state index contributed by atoms with van der Waals surface area (Å²) in [6, 6.07) is 13.8. The van der Waals surface area contributed by atoms with Crippen LogP contribution in [-0.2, 0) is 56.6 Å². The Balaban J connectivity index is 1.33. The molecule has 0 saturated carbocycles. The van der Waals surface area contributed by atoms with Gasteiger partial charge in [0.05, 0.1) is 37.3 Å². The number of aryl methyl sites for hydroxylation is 5. The number of sulfonamides is 1. The van der Waals surface area contributed by atoms with Gasteiger partial charge in [-0.25, -0.2) is 17.6 Å². The summed E-state index contributed by atoms with van der Waals surface area (Å²) in [6.07, 6.45) is 3.21. The number of hydrogen-bond donors (Lipinski definition) is 1. The molecule has 3 aromatic carbocycles. The second kappa shape index (κ2) is 14.4. The number of carbonyl (C=O) groups is 1. The quantitative estimate of drug-likeness (QED) is 0.195. The Hall–Kier alpha value is -5.16. The fourth-order valence-corrected chi connectivity index (χ4v) is 10.2. The Bertz CT molecular complexity index is 2820. The van der Waals surface area contributed by atoms with Crippen LogP contribution in [0, 0.1) is 19.7 Å². The van der Waals surface area contributed by atoms with Gasteiger partial charge >= 0.3 is 5.97 Å². The molecule has 0 atom stereocenters. The van der Waals surface area contributed by atoms with E-state index in [1.165, 1.54) is 45.3 Å². The first-order valence-electron chi connectivity index (χ1n) is 17.8. The molecule has 0 amide bonds. The van der Waals surface area contributed by atoms with Gasteiger partial charge < -0.3 is 14.4 Å². The van der Waals surface area contributed by atoms with E-state index in [1.807, 2.05) is 38.2 Å². The molecule has 1 N–H and O–H groups in total. The first-order valence-corrected chi connectivity index (χ1v) is 20.6. The van der Waals surface area contributed by atoms with Gasteiger partial charge in [-0.2, -0.15) is 19.6 Å². The zero-order chi connectivity index (χ0) is 39.6. The van der Waals surface area contributed by atoms with E-state index in [9.17, 15) is 22.7 Å². The van der Waals surface area contributed by atoms with Gasteiger partial charge in [0.25, 0.3) is 0 Å². The van der Waals surface area contributed by atoms with Crippen molar-refractivity contribution in [1.29, 1.82) is 0 Å². The van der Waals surface area contributed by atoms with Crippen LogP contribution in [0.4, 0.5) is 4.39 Å². The number of carboxylic acids is 1. The first-order chi connectivity index (χ1) is 26.7. The molecule has 1 aliphatic rings. The topological polar surface area (TPSA) is 142 Å². The Morgan fingerprint density at radius 3 is 2.55 bits per heavy atom. The molecule has 8 bridgehead atoms. The molecule has 7 aromatic rings. The van der Waals surface area contributed by atoms with Crippen LogP contribution in [0.3, 0.4) is 0 Å². The first kappa shape index (κ1) is 37.7. The lowest BCUT2D eigenvalue weighted by Gasteiger charge is -2.21. The van der Waals surface area contributed by atoms with Gasteiger partial charge in [0.2, 0.25) is 10.0 Å². The zero-order valence-corrected chi connectivity index (χ0v) is 33.6. The molecule has 0 aliphatic carbocycles. The highest BCUT2D eigenvalue weighted by Gasteiger charge is 2.32. The van der Waals surface area contributed by atoms with Crippen LogP contribution < -0.4 is 4.74 Å². The van der Waals surface area contributed by atoms with Crippen molar-refractivity contribution in [1.82, 2.24) is 38.2 Å². The lowest BCUT2D eigenvalue weighted by molar-refractivity contribution is 0.0684. The summed E-state index contributed by atoms with van der Waals surface area (Å²) in [6.45, 7) is 3.97. The van der Waals surface area contributed by atoms with Crippen molar-refractivity contribution in [3.8, 4) is 16.9 Å². The monoisotopic (exact) mass is 816 g/mol. The number of rotatable bonds is 3. The zero-order valence-electron chi connectivity index (χ0n) is 31.2. The van der Waals surface area contributed by atoms with Crippen molar-refractivity contribution in [3.05, 3.63) is 106 Å². The number of halogens is 2. The van der Waals surface area contributed by atoms with E-state index in [2.05, 4.69) is 5.10 Å². The molecular formula is C39H38ClFN8O5S2. The molecule has 0 spiro atoms. The van der Waals surface area contributed by atoms with Crippen molar-refractivity contribution in [2.45, 2.75) is 55.4 Å². The highest BCUT2D eigenvalue weighted by atomic mass is 35.5. The van der Waals surface area contributed by atoms with Crippen LogP contribution in [0.1, 0.15) is 45.2 Å². The summed E-state index contributed by atoms with van der Waals surface area (Å²) in [5, 5.41) is 26.7. The smallest absolute Gasteiger partial charge is 0.352 e. The maximum absolute atomic E-state index is 14.5. The maximum atomic E-state index is 14.5. The molecule has 0 fully saturated rings. The van der Waals surface area contributed by atoms with E-state index in [0.717, 1.165) is 21.7 Å². The third kappa shape index (κ3) is 6.63. The Morgan fingerprint density at radius 2 is 1.80 bits per heavy atom. The van der Waals surface area contributed by atoms with E-state index in [4.69, 9.17) is 26.5 Å². The summed E-state index contributed by atoms with van der Waals surface area (Å²) >= 11 is 8.58. The Kier molecular flexibility index (Phi) is 9.71. The summed E-state index contributed by atoms with van der Waals surface area (Å²) in [5.41, 5.74) is 4.97. The molecule has 0 radical (unpaired) electrons. The molecule has 17 heteroatoms. The molecule has 56 heavy (non-hydrogen) atoms. The molecule has 4 aromatic heterocycles. The summed E-state index contributed by atoms with van der Waals surface area (Å²) in [7, 11) is 1.08. The van der Waals surface area contributed by atoms with E-state index >= 15 is 0 Å². The van der Waals surface area contributed by atoms with Gasteiger partial charge in [0, 0.05) is 88.4 Å². The number of benzene rings is 3. The lowest BCUT2D eigenvalue weighted by atomic mass is 9.96. The van der Waals surface area contributed by atoms with Crippen LogP contribution in [-0.4, -0.2) is 64.3 Å². The molecule has 8 rings (SSSR count). The minimum Gasteiger partial charge on any atom is -0.493 e.